The van der Waals surface area contributed by atoms with E-state index in [4.69, 9.17) is 4.74 Å². The molecule has 0 radical (unpaired) electrons. The highest BCUT2D eigenvalue weighted by atomic mass is 16.5. The van der Waals surface area contributed by atoms with Crippen molar-refractivity contribution in [3.05, 3.63) is 61.2 Å². The Morgan fingerprint density at radius 3 is 2.34 bits per heavy atom. The third-order valence-corrected chi connectivity index (χ3v) is 10.0. The van der Waals surface area contributed by atoms with Crippen LogP contribution in [0, 0.1) is 17.8 Å². The smallest absolute Gasteiger partial charge is 0.248 e. The molecular weight excluding hydrogens is 554 g/mol. The van der Waals surface area contributed by atoms with E-state index in [1.807, 2.05) is 51.1 Å². The van der Waals surface area contributed by atoms with Crippen molar-refractivity contribution in [3.63, 3.8) is 0 Å². The third kappa shape index (κ3) is 6.12. The summed E-state index contributed by atoms with van der Waals surface area (Å²) in [6, 6.07) is 8.34. The number of amides is 3. The molecule has 1 spiro atoms. The second kappa shape index (κ2) is 14.4. The summed E-state index contributed by atoms with van der Waals surface area (Å²) in [6.45, 7) is 17.4. The van der Waals surface area contributed by atoms with Gasteiger partial charge in [0.1, 0.15) is 11.6 Å². The summed E-state index contributed by atoms with van der Waals surface area (Å²) in [5.74, 6) is -1.91. The predicted octanol–water partition coefficient (Wildman–Crippen LogP) is 4.97. The average Bonchev–Trinajstić information content (AvgIpc) is 3.62. The van der Waals surface area contributed by atoms with Crippen LogP contribution in [0.25, 0.3) is 0 Å². The first-order chi connectivity index (χ1) is 21.1. The van der Waals surface area contributed by atoms with Gasteiger partial charge in [0.15, 0.2) is 0 Å². The number of carbonyl (C=O) groups is 3. The molecule has 0 saturated carbocycles. The number of carbonyl (C=O) groups excluding carboxylic acids is 3. The fourth-order valence-corrected chi connectivity index (χ4v) is 8.09. The summed E-state index contributed by atoms with van der Waals surface area (Å²) < 4.78 is 7.03. The van der Waals surface area contributed by atoms with Crippen LogP contribution in [0.3, 0.4) is 0 Å². The van der Waals surface area contributed by atoms with Crippen LogP contribution in [-0.2, 0) is 25.7 Å². The van der Waals surface area contributed by atoms with E-state index >= 15 is 0 Å². The van der Waals surface area contributed by atoms with Gasteiger partial charge in [-0.05, 0) is 43.6 Å². The Labute approximate surface area is 264 Å². The van der Waals surface area contributed by atoms with Gasteiger partial charge in [-0.15, -0.1) is 13.2 Å². The van der Waals surface area contributed by atoms with Crippen LogP contribution < -0.4 is 0 Å². The standard InChI is InChI=1S/C36H53N3O5/c1-7-11-15-22-37(20-8-2)34(43)31-36-19-18-35(10-4,44-36)29(30(36)33(42)39(31)28(25-40)23-26(5)6)32(41)38(21-9-3)24-27-16-13-12-14-17-27/h8-9,12-14,16-17,26,28-31,40H,2-3,7,10-11,15,18-25H2,1,4-6H3/t28-,29-,30+,31?,35+,36?/m1/s1. The van der Waals surface area contributed by atoms with Crippen molar-refractivity contribution in [2.24, 2.45) is 17.8 Å². The lowest BCUT2D eigenvalue weighted by Gasteiger charge is -2.40. The van der Waals surface area contributed by atoms with Crippen molar-refractivity contribution < 1.29 is 24.2 Å². The Morgan fingerprint density at radius 2 is 1.75 bits per heavy atom. The van der Waals surface area contributed by atoms with Gasteiger partial charge in [0.2, 0.25) is 17.7 Å². The maximum atomic E-state index is 14.8. The lowest BCUT2D eigenvalue weighted by Crippen LogP contribution is -2.59. The lowest BCUT2D eigenvalue weighted by atomic mass is 9.64. The molecule has 3 aliphatic heterocycles. The Kier molecular flexibility index (Phi) is 11.1. The van der Waals surface area contributed by atoms with E-state index in [1.54, 1.807) is 26.9 Å². The quantitative estimate of drug-likeness (QED) is 0.200. The highest BCUT2D eigenvalue weighted by Crippen LogP contribution is 2.65. The topological polar surface area (TPSA) is 90.4 Å². The molecule has 4 rings (SSSR count). The van der Waals surface area contributed by atoms with E-state index in [-0.39, 0.29) is 30.2 Å². The zero-order valence-corrected chi connectivity index (χ0v) is 27.2. The van der Waals surface area contributed by atoms with Crippen LogP contribution >= 0.6 is 0 Å². The molecule has 2 bridgehead atoms. The Hall–Kier alpha value is -2.97. The summed E-state index contributed by atoms with van der Waals surface area (Å²) in [4.78, 5) is 49.3. The van der Waals surface area contributed by atoms with E-state index in [9.17, 15) is 19.5 Å². The number of ether oxygens (including phenoxy) is 1. The molecule has 0 aliphatic carbocycles. The monoisotopic (exact) mass is 607 g/mol. The third-order valence-electron chi connectivity index (χ3n) is 10.0. The molecule has 0 aromatic heterocycles. The molecule has 3 aliphatic rings. The van der Waals surface area contributed by atoms with Crippen LogP contribution in [-0.4, -0.2) is 87.1 Å². The number of hydrogen-bond donors (Lipinski definition) is 1. The van der Waals surface area contributed by atoms with Crippen LogP contribution in [0.4, 0.5) is 0 Å². The van der Waals surface area contributed by atoms with Gasteiger partial charge in [0.25, 0.3) is 0 Å². The normalized spacial score (nSPS) is 27.8. The Balaban J connectivity index is 1.80. The van der Waals surface area contributed by atoms with Gasteiger partial charge >= 0.3 is 0 Å². The molecule has 242 valence electrons. The molecule has 2 unspecified atom stereocenters. The second-order valence-corrected chi connectivity index (χ2v) is 13.3. The zero-order valence-electron chi connectivity index (χ0n) is 27.2. The number of nitrogens with zero attached hydrogens (tertiary/aromatic N) is 3. The summed E-state index contributed by atoms with van der Waals surface area (Å²) >= 11 is 0. The SMILES string of the molecule is C=CCN(CCCCC)C(=O)C1N([C@@H](CO)CC(C)C)C(=O)[C@@H]2[C@H](C(=O)N(CC=C)Cc3ccccc3)[C@]3(CC)CCC12O3. The molecule has 1 aromatic carbocycles. The van der Waals surface area contributed by atoms with Crippen LogP contribution in [0.15, 0.2) is 55.6 Å². The van der Waals surface area contributed by atoms with Gasteiger partial charge in [-0.3, -0.25) is 14.4 Å². The summed E-state index contributed by atoms with van der Waals surface area (Å²) in [6.07, 6.45) is 8.51. The zero-order chi connectivity index (χ0) is 32.1. The summed E-state index contributed by atoms with van der Waals surface area (Å²) in [7, 11) is 0. The summed E-state index contributed by atoms with van der Waals surface area (Å²) in [5, 5.41) is 10.6. The van der Waals surface area contributed by atoms with E-state index in [0.29, 0.717) is 51.9 Å². The highest BCUT2D eigenvalue weighted by molar-refractivity contribution is 5.99. The number of aliphatic hydroxyl groups is 1. The fraction of sp³-hybridized carbons (Fsp3) is 0.639. The first-order valence-corrected chi connectivity index (χ1v) is 16.6. The predicted molar refractivity (Wildman–Crippen MR) is 172 cm³/mol. The maximum Gasteiger partial charge on any atom is 0.248 e. The van der Waals surface area contributed by atoms with Crippen molar-refractivity contribution in [2.75, 3.05) is 26.2 Å². The van der Waals surface area contributed by atoms with Gasteiger partial charge in [-0.1, -0.05) is 83.0 Å². The number of fused-ring (bicyclic) bond motifs is 1. The number of hydrogen-bond acceptors (Lipinski definition) is 5. The Morgan fingerprint density at radius 1 is 1.07 bits per heavy atom. The van der Waals surface area contributed by atoms with Crippen LogP contribution in [0.5, 0.6) is 0 Å². The van der Waals surface area contributed by atoms with Crippen molar-refractivity contribution in [1.82, 2.24) is 14.7 Å². The number of rotatable bonds is 17. The van der Waals surface area contributed by atoms with Gasteiger partial charge in [0, 0.05) is 26.2 Å². The molecule has 8 heteroatoms. The molecule has 3 amide bonds. The number of benzene rings is 1. The van der Waals surface area contributed by atoms with Crippen LogP contribution in [0.2, 0.25) is 0 Å². The van der Waals surface area contributed by atoms with E-state index < -0.39 is 35.1 Å². The van der Waals surface area contributed by atoms with Gasteiger partial charge < -0.3 is 24.5 Å². The number of aliphatic hydroxyl groups excluding tert-OH is 1. The Bertz CT molecular complexity index is 1190. The maximum absolute atomic E-state index is 14.8. The number of unbranched alkanes of at least 4 members (excludes halogenated alkanes) is 2. The molecule has 8 nitrogen and oxygen atoms in total. The van der Waals surface area contributed by atoms with Crippen molar-refractivity contribution >= 4 is 17.7 Å². The minimum absolute atomic E-state index is 0.140. The van der Waals surface area contributed by atoms with E-state index in [0.717, 1.165) is 24.8 Å². The molecule has 3 saturated heterocycles. The molecule has 1 aromatic rings. The highest BCUT2D eigenvalue weighted by Gasteiger charge is 2.79. The molecule has 1 N–H and O–H groups in total. The lowest BCUT2D eigenvalue weighted by molar-refractivity contribution is -0.158. The molecule has 6 atom stereocenters. The van der Waals surface area contributed by atoms with Crippen molar-refractivity contribution in [3.8, 4) is 0 Å². The molecule has 3 heterocycles. The fourth-order valence-electron chi connectivity index (χ4n) is 8.09. The molecular formula is C36H53N3O5. The minimum Gasteiger partial charge on any atom is -0.394 e. The van der Waals surface area contributed by atoms with Crippen molar-refractivity contribution in [1.29, 1.82) is 0 Å². The van der Waals surface area contributed by atoms with E-state index in [1.165, 1.54) is 0 Å². The average molecular weight is 608 g/mol. The van der Waals surface area contributed by atoms with E-state index in [2.05, 4.69) is 20.1 Å². The van der Waals surface area contributed by atoms with Crippen LogP contribution in [0.1, 0.15) is 78.2 Å². The largest absolute Gasteiger partial charge is 0.394 e. The molecule has 44 heavy (non-hydrogen) atoms. The first-order valence-electron chi connectivity index (χ1n) is 16.6. The second-order valence-electron chi connectivity index (χ2n) is 13.3. The van der Waals surface area contributed by atoms with Gasteiger partial charge in [-0.2, -0.15) is 0 Å². The van der Waals surface area contributed by atoms with Gasteiger partial charge in [0.05, 0.1) is 30.1 Å². The first kappa shape index (κ1) is 33.9. The number of likely N-dealkylation sites (tertiary alicyclic amines) is 1. The van der Waals surface area contributed by atoms with Crippen molar-refractivity contribution in [2.45, 2.75) is 102 Å². The molecule has 3 fully saturated rings. The minimum atomic E-state index is -1.13. The summed E-state index contributed by atoms with van der Waals surface area (Å²) in [5.41, 5.74) is -0.980. The van der Waals surface area contributed by atoms with Gasteiger partial charge in [-0.25, -0.2) is 0 Å².